The van der Waals surface area contributed by atoms with Gasteiger partial charge < -0.3 is 10.0 Å². The standard InChI is InChI=1S/C15H15N3O2/c1-18(15(20)14-8-9-16-17-14)11-13-6-3-2-5-12(13)7-4-10-19/h2-3,5-6,8-9,19H,10-11H2,1H3,(H,16,17). The van der Waals surface area contributed by atoms with Gasteiger partial charge in [0.05, 0.1) is 0 Å². The van der Waals surface area contributed by atoms with Crippen LogP contribution in [-0.2, 0) is 6.54 Å². The average molecular weight is 269 g/mol. The first kappa shape index (κ1) is 13.8. The molecule has 2 N–H and O–H groups in total. The molecule has 5 nitrogen and oxygen atoms in total. The fourth-order valence-corrected chi connectivity index (χ4v) is 1.82. The Morgan fingerprint density at radius 3 is 2.90 bits per heavy atom. The molecule has 0 saturated carbocycles. The van der Waals surface area contributed by atoms with E-state index >= 15 is 0 Å². The first-order valence-corrected chi connectivity index (χ1v) is 6.15. The van der Waals surface area contributed by atoms with Crippen molar-refractivity contribution in [2.45, 2.75) is 6.54 Å². The Morgan fingerprint density at radius 1 is 1.40 bits per heavy atom. The van der Waals surface area contributed by atoms with Gasteiger partial charge in [-0.1, -0.05) is 30.0 Å². The minimum atomic E-state index is -0.183. The van der Waals surface area contributed by atoms with E-state index in [0.717, 1.165) is 11.1 Å². The Hall–Kier alpha value is -2.58. The molecule has 2 rings (SSSR count). The summed E-state index contributed by atoms with van der Waals surface area (Å²) in [5, 5.41) is 15.2. The van der Waals surface area contributed by atoms with Crippen molar-refractivity contribution in [3.63, 3.8) is 0 Å². The Labute approximate surface area is 117 Å². The largest absolute Gasteiger partial charge is 0.384 e. The van der Waals surface area contributed by atoms with Crippen LogP contribution >= 0.6 is 0 Å². The molecule has 0 unspecified atom stereocenters. The molecule has 0 aliphatic heterocycles. The Kier molecular flexibility index (Phi) is 4.53. The Bertz CT molecular complexity index is 639. The topological polar surface area (TPSA) is 69.2 Å². The van der Waals surface area contributed by atoms with Gasteiger partial charge in [-0.05, 0) is 17.7 Å². The number of carbonyl (C=O) groups excluding carboxylic acids is 1. The maximum absolute atomic E-state index is 12.1. The molecule has 0 aliphatic carbocycles. The summed E-state index contributed by atoms with van der Waals surface area (Å²) in [4.78, 5) is 13.7. The molecular formula is C15H15N3O2. The van der Waals surface area contributed by atoms with Gasteiger partial charge in [0.1, 0.15) is 12.3 Å². The number of benzene rings is 1. The zero-order chi connectivity index (χ0) is 14.4. The summed E-state index contributed by atoms with van der Waals surface area (Å²) in [7, 11) is 1.72. The van der Waals surface area contributed by atoms with E-state index in [2.05, 4.69) is 22.0 Å². The lowest BCUT2D eigenvalue weighted by molar-refractivity contribution is 0.0779. The van der Waals surface area contributed by atoms with Crippen molar-refractivity contribution in [2.24, 2.45) is 0 Å². The van der Waals surface area contributed by atoms with E-state index < -0.39 is 0 Å². The second kappa shape index (κ2) is 6.55. The zero-order valence-corrected chi connectivity index (χ0v) is 11.1. The number of aromatic amines is 1. The molecule has 0 bridgehead atoms. The third-order valence-electron chi connectivity index (χ3n) is 2.80. The molecule has 0 fully saturated rings. The highest BCUT2D eigenvalue weighted by Crippen LogP contribution is 2.11. The third-order valence-corrected chi connectivity index (χ3v) is 2.80. The lowest BCUT2D eigenvalue weighted by atomic mass is 10.1. The monoisotopic (exact) mass is 269 g/mol. The fourth-order valence-electron chi connectivity index (χ4n) is 1.82. The minimum absolute atomic E-state index is 0.132. The van der Waals surface area contributed by atoms with Crippen molar-refractivity contribution < 1.29 is 9.90 Å². The van der Waals surface area contributed by atoms with Crippen molar-refractivity contribution in [3.05, 3.63) is 53.3 Å². The number of hydrogen-bond donors (Lipinski definition) is 2. The van der Waals surface area contributed by atoms with Gasteiger partial charge >= 0.3 is 0 Å². The van der Waals surface area contributed by atoms with Gasteiger partial charge in [-0.2, -0.15) is 5.10 Å². The van der Waals surface area contributed by atoms with Gasteiger partial charge in [0.2, 0.25) is 0 Å². The van der Waals surface area contributed by atoms with Crippen LogP contribution in [-0.4, -0.2) is 39.8 Å². The normalized spacial score (nSPS) is 9.70. The van der Waals surface area contributed by atoms with Crippen LogP contribution < -0.4 is 0 Å². The van der Waals surface area contributed by atoms with Gasteiger partial charge in [-0.15, -0.1) is 0 Å². The molecule has 5 heteroatoms. The number of amides is 1. The zero-order valence-electron chi connectivity index (χ0n) is 11.1. The van der Waals surface area contributed by atoms with Gasteiger partial charge in [0.25, 0.3) is 5.91 Å². The third kappa shape index (κ3) is 3.25. The molecule has 0 radical (unpaired) electrons. The van der Waals surface area contributed by atoms with Crippen LogP contribution in [0.1, 0.15) is 21.6 Å². The van der Waals surface area contributed by atoms with E-state index in [-0.39, 0.29) is 12.5 Å². The number of aliphatic hydroxyl groups is 1. The number of aromatic nitrogens is 2. The molecule has 2 aromatic rings. The summed E-state index contributed by atoms with van der Waals surface area (Å²) in [5.74, 6) is 5.37. The van der Waals surface area contributed by atoms with E-state index in [9.17, 15) is 4.79 Å². The van der Waals surface area contributed by atoms with Crippen molar-refractivity contribution in [1.82, 2.24) is 15.1 Å². The molecule has 1 heterocycles. The fraction of sp³-hybridized carbons (Fsp3) is 0.200. The number of rotatable bonds is 3. The summed E-state index contributed by atoms with van der Waals surface area (Å²) < 4.78 is 0. The van der Waals surface area contributed by atoms with E-state index in [4.69, 9.17) is 5.11 Å². The number of aliphatic hydroxyl groups excluding tert-OH is 1. The first-order chi connectivity index (χ1) is 9.72. The smallest absolute Gasteiger partial charge is 0.271 e. The van der Waals surface area contributed by atoms with E-state index in [1.54, 1.807) is 24.2 Å². The van der Waals surface area contributed by atoms with Crippen molar-refractivity contribution >= 4 is 5.91 Å². The summed E-state index contributed by atoms with van der Waals surface area (Å²) in [5.41, 5.74) is 2.20. The molecule has 0 aliphatic rings. The van der Waals surface area contributed by atoms with Crippen molar-refractivity contribution in [1.29, 1.82) is 0 Å². The molecule has 0 saturated heterocycles. The SMILES string of the molecule is CN(Cc1ccccc1C#CCO)C(=O)c1ccn[nH]1. The highest BCUT2D eigenvalue weighted by molar-refractivity contribution is 5.91. The van der Waals surface area contributed by atoms with Crippen molar-refractivity contribution in [2.75, 3.05) is 13.7 Å². The van der Waals surface area contributed by atoms with Gasteiger partial charge in [-0.25, -0.2) is 0 Å². The van der Waals surface area contributed by atoms with Crippen LogP contribution in [0.15, 0.2) is 36.5 Å². The van der Waals surface area contributed by atoms with Crippen molar-refractivity contribution in [3.8, 4) is 11.8 Å². The summed E-state index contributed by atoms with van der Waals surface area (Å²) >= 11 is 0. The maximum Gasteiger partial charge on any atom is 0.271 e. The molecule has 1 aromatic heterocycles. The van der Waals surface area contributed by atoms with E-state index in [1.807, 2.05) is 24.3 Å². The van der Waals surface area contributed by atoms with Gasteiger partial charge in [0.15, 0.2) is 0 Å². The van der Waals surface area contributed by atoms with Crippen LogP contribution in [0.4, 0.5) is 0 Å². The lowest BCUT2D eigenvalue weighted by Crippen LogP contribution is -2.26. The number of carbonyl (C=O) groups is 1. The Morgan fingerprint density at radius 2 is 2.20 bits per heavy atom. The predicted octanol–water partition coefficient (Wildman–Crippen LogP) is 1.03. The first-order valence-electron chi connectivity index (χ1n) is 6.15. The minimum Gasteiger partial charge on any atom is -0.384 e. The van der Waals surface area contributed by atoms with Crippen LogP contribution in [0.25, 0.3) is 0 Å². The van der Waals surface area contributed by atoms with Crippen LogP contribution in [0, 0.1) is 11.8 Å². The number of hydrogen-bond acceptors (Lipinski definition) is 3. The van der Waals surface area contributed by atoms with E-state index in [1.165, 1.54) is 0 Å². The maximum atomic E-state index is 12.1. The number of nitrogens with zero attached hydrogens (tertiary/aromatic N) is 2. The lowest BCUT2D eigenvalue weighted by Gasteiger charge is -2.17. The number of H-pyrrole nitrogens is 1. The molecule has 20 heavy (non-hydrogen) atoms. The predicted molar refractivity (Wildman–Crippen MR) is 74.8 cm³/mol. The Balaban J connectivity index is 2.15. The van der Waals surface area contributed by atoms with Crippen LogP contribution in [0.2, 0.25) is 0 Å². The highest BCUT2D eigenvalue weighted by atomic mass is 16.2. The summed E-state index contributed by atoms with van der Waals surface area (Å²) in [6.45, 7) is 0.255. The molecule has 0 atom stereocenters. The molecular weight excluding hydrogens is 254 g/mol. The quantitative estimate of drug-likeness (QED) is 0.818. The summed E-state index contributed by atoms with van der Waals surface area (Å²) in [6.07, 6.45) is 1.54. The van der Waals surface area contributed by atoms with Gasteiger partial charge in [-0.3, -0.25) is 9.89 Å². The van der Waals surface area contributed by atoms with Crippen LogP contribution in [0.5, 0.6) is 0 Å². The highest BCUT2D eigenvalue weighted by Gasteiger charge is 2.14. The second-order valence-electron chi connectivity index (χ2n) is 4.25. The molecule has 102 valence electrons. The van der Waals surface area contributed by atoms with Crippen LogP contribution in [0.3, 0.4) is 0 Å². The summed E-state index contributed by atoms with van der Waals surface area (Å²) in [6, 6.07) is 9.19. The average Bonchev–Trinajstić information content (AvgIpc) is 2.99. The molecule has 1 aromatic carbocycles. The van der Waals surface area contributed by atoms with Gasteiger partial charge in [0, 0.05) is 25.4 Å². The molecule has 0 spiro atoms. The number of nitrogens with one attached hydrogen (secondary N) is 1. The second-order valence-corrected chi connectivity index (χ2v) is 4.25. The molecule has 1 amide bonds. The van der Waals surface area contributed by atoms with E-state index in [0.29, 0.717) is 12.2 Å².